The molecular formula is C12H20N2O3. The fraction of sp³-hybridized carbons (Fsp3) is 0.833. The summed E-state index contributed by atoms with van der Waals surface area (Å²) in [6.07, 6.45) is 1.14. The van der Waals surface area contributed by atoms with Crippen molar-refractivity contribution in [2.45, 2.75) is 39.2 Å². The van der Waals surface area contributed by atoms with Gasteiger partial charge < -0.3 is 15.0 Å². The van der Waals surface area contributed by atoms with Gasteiger partial charge >= 0.3 is 6.09 Å². The van der Waals surface area contributed by atoms with Gasteiger partial charge in [-0.2, -0.15) is 0 Å². The van der Waals surface area contributed by atoms with E-state index in [1.165, 1.54) is 0 Å². The molecule has 0 radical (unpaired) electrons. The molecule has 0 bridgehead atoms. The van der Waals surface area contributed by atoms with Crippen LogP contribution in [-0.4, -0.2) is 42.1 Å². The lowest BCUT2D eigenvalue weighted by Crippen LogP contribution is -2.37. The Hall–Kier alpha value is -1.26. The maximum Gasteiger partial charge on any atom is 0.410 e. The van der Waals surface area contributed by atoms with E-state index in [9.17, 15) is 9.59 Å². The topological polar surface area (TPSA) is 58.6 Å². The molecule has 2 fully saturated rings. The fourth-order valence-corrected chi connectivity index (χ4v) is 2.46. The van der Waals surface area contributed by atoms with Gasteiger partial charge in [-0.1, -0.05) is 0 Å². The minimum atomic E-state index is -0.462. The summed E-state index contributed by atoms with van der Waals surface area (Å²) in [5.41, 5.74) is -0.509. The fourth-order valence-electron chi connectivity index (χ4n) is 2.46. The van der Waals surface area contributed by atoms with Crippen molar-refractivity contribution in [3.63, 3.8) is 0 Å². The van der Waals surface area contributed by atoms with Gasteiger partial charge in [0.25, 0.3) is 0 Å². The van der Waals surface area contributed by atoms with Crippen LogP contribution in [0.25, 0.3) is 0 Å². The third kappa shape index (κ3) is 2.70. The van der Waals surface area contributed by atoms with Crippen molar-refractivity contribution in [3.8, 4) is 0 Å². The van der Waals surface area contributed by atoms with Crippen LogP contribution < -0.4 is 5.32 Å². The molecule has 0 aliphatic carbocycles. The van der Waals surface area contributed by atoms with Gasteiger partial charge in [-0.05, 0) is 27.2 Å². The largest absolute Gasteiger partial charge is 0.444 e. The second-order valence-corrected chi connectivity index (χ2v) is 6.11. The molecule has 0 aromatic heterocycles. The van der Waals surface area contributed by atoms with E-state index in [0.717, 1.165) is 6.42 Å². The predicted molar refractivity (Wildman–Crippen MR) is 62.5 cm³/mol. The van der Waals surface area contributed by atoms with Gasteiger partial charge in [0, 0.05) is 31.5 Å². The highest BCUT2D eigenvalue weighted by Crippen LogP contribution is 2.36. The number of carbonyl (C=O) groups excluding carboxylic acids is 2. The zero-order valence-electron chi connectivity index (χ0n) is 10.7. The number of nitrogens with one attached hydrogen (secondary N) is 1. The van der Waals surface area contributed by atoms with E-state index in [1.54, 1.807) is 4.90 Å². The van der Waals surface area contributed by atoms with Crippen LogP contribution >= 0.6 is 0 Å². The third-order valence-electron chi connectivity index (χ3n) is 3.29. The average Bonchev–Trinajstić information content (AvgIpc) is 2.72. The van der Waals surface area contributed by atoms with Gasteiger partial charge in [-0.15, -0.1) is 0 Å². The quantitative estimate of drug-likeness (QED) is 0.690. The molecule has 17 heavy (non-hydrogen) atoms. The minimum absolute atomic E-state index is 0.0476. The molecule has 1 atom stereocenters. The van der Waals surface area contributed by atoms with Crippen LogP contribution in [-0.2, 0) is 9.53 Å². The first-order valence-electron chi connectivity index (χ1n) is 6.04. The van der Waals surface area contributed by atoms with E-state index in [2.05, 4.69) is 5.32 Å². The highest BCUT2D eigenvalue weighted by atomic mass is 16.6. The molecule has 2 rings (SSSR count). The van der Waals surface area contributed by atoms with Gasteiger partial charge in [0.2, 0.25) is 5.91 Å². The molecule has 96 valence electrons. The van der Waals surface area contributed by atoms with Crippen LogP contribution in [0.2, 0.25) is 0 Å². The summed E-state index contributed by atoms with van der Waals surface area (Å²) < 4.78 is 5.33. The van der Waals surface area contributed by atoms with E-state index in [1.807, 2.05) is 20.8 Å². The summed E-state index contributed by atoms with van der Waals surface area (Å²) in [6.45, 7) is 7.57. The van der Waals surface area contributed by atoms with Crippen LogP contribution in [0.5, 0.6) is 0 Å². The van der Waals surface area contributed by atoms with Gasteiger partial charge in [-0.25, -0.2) is 4.79 Å². The van der Waals surface area contributed by atoms with Crippen molar-refractivity contribution in [3.05, 3.63) is 0 Å². The molecule has 0 saturated carbocycles. The number of hydrogen-bond donors (Lipinski definition) is 1. The normalized spacial score (nSPS) is 28.6. The van der Waals surface area contributed by atoms with Gasteiger partial charge in [0.05, 0.1) is 0 Å². The summed E-state index contributed by atoms with van der Waals surface area (Å²) in [7, 11) is 0. The summed E-state index contributed by atoms with van der Waals surface area (Å²) in [4.78, 5) is 24.9. The Morgan fingerprint density at radius 1 is 1.47 bits per heavy atom. The van der Waals surface area contributed by atoms with E-state index in [0.29, 0.717) is 26.1 Å². The molecule has 1 N–H and O–H groups in total. The number of rotatable bonds is 0. The number of carbonyl (C=O) groups is 2. The Kier molecular flexibility index (Phi) is 2.79. The summed E-state index contributed by atoms with van der Waals surface area (Å²) in [5, 5.41) is 2.84. The smallest absolute Gasteiger partial charge is 0.410 e. The van der Waals surface area contributed by atoms with E-state index in [-0.39, 0.29) is 17.4 Å². The second kappa shape index (κ2) is 3.89. The zero-order valence-corrected chi connectivity index (χ0v) is 10.7. The zero-order chi connectivity index (χ0) is 12.7. The molecule has 5 nitrogen and oxygen atoms in total. The van der Waals surface area contributed by atoms with Crippen molar-refractivity contribution in [2.75, 3.05) is 19.6 Å². The third-order valence-corrected chi connectivity index (χ3v) is 3.29. The first-order valence-corrected chi connectivity index (χ1v) is 6.04. The van der Waals surface area contributed by atoms with Crippen molar-refractivity contribution in [1.82, 2.24) is 10.2 Å². The summed E-state index contributed by atoms with van der Waals surface area (Å²) in [5.74, 6) is 0.0936. The van der Waals surface area contributed by atoms with Crippen LogP contribution in [0.4, 0.5) is 4.79 Å². The molecule has 1 spiro atoms. The molecule has 5 heteroatoms. The minimum Gasteiger partial charge on any atom is -0.444 e. The maximum atomic E-state index is 11.9. The summed E-state index contributed by atoms with van der Waals surface area (Å²) in [6, 6.07) is 0. The van der Waals surface area contributed by atoms with Crippen molar-refractivity contribution in [1.29, 1.82) is 0 Å². The van der Waals surface area contributed by atoms with Crippen LogP contribution in [0.1, 0.15) is 33.6 Å². The monoisotopic (exact) mass is 240 g/mol. The number of ether oxygens (including phenoxy) is 1. The maximum absolute atomic E-state index is 11.9. The Morgan fingerprint density at radius 3 is 2.71 bits per heavy atom. The molecule has 0 aromatic rings. The van der Waals surface area contributed by atoms with Gasteiger partial charge in [-0.3, -0.25) is 4.79 Å². The molecule has 0 unspecified atom stereocenters. The molecule has 2 aliphatic rings. The molecule has 0 aromatic carbocycles. The number of amides is 2. The van der Waals surface area contributed by atoms with Crippen LogP contribution in [0.15, 0.2) is 0 Å². The molecule has 2 aliphatic heterocycles. The highest BCUT2D eigenvalue weighted by Gasteiger charge is 2.45. The van der Waals surface area contributed by atoms with Crippen LogP contribution in [0.3, 0.4) is 0 Å². The van der Waals surface area contributed by atoms with E-state index in [4.69, 9.17) is 4.74 Å². The SMILES string of the molecule is CC(C)(C)OC(=O)N1CC[C@@]2(CNC(=O)C2)C1. The van der Waals surface area contributed by atoms with Crippen molar-refractivity contribution >= 4 is 12.0 Å². The first-order chi connectivity index (χ1) is 7.80. The van der Waals surface area contributed by atoms with E-state index < -0.39 is 5.60 Å². The van der Waals surface area contributed by atoms with E-state index >= 15 is 0 Å². The lowest BCUT2D eigenvalue weighted by Gasteiger charge is -2.26. The Morgan fingerprint density at radius 2 is 2.18 bits per heavy atom. The van der Waals surface area contributed by atoms with Crippen molar-refractivity contribution in [2.24, 2.45) is 5.41 Å². The standard InChI is InChI=1S/C12H20N2O3/c1-11(2,3)17-10(16)14-5-4-12(8-14)6-9(15)13-7-12/h4-8H2,1-3H3,(H,13,15)/t12-/m1/s1. The Labute approximate surface area is 101 Å². The van der Waals surface area contributed by atoms with Crippen molar-refractivity contribution < 1.29 is 14.3 Å². The molecule has 2 heterocycles. The number of hydrogen-bond acceptors (Lipinski definition) is 3. The number of nitrogens with zero attached hydrogens (tertiary/aromatic N) is 1. The van der Waals surface area contributed by atoms with Gasteiger partial charge in [0.1, 0.15) is 5.60 Å². The highest BCUT2D eigenvalue weighted by molar-refractivity contribution is 5.79. The first kappa shape index (κ1) is 12.2. The Balaban J connectivity index is 1.94. The lowest BCUT2D eigenvalue weighted by atomic mass is 9.86. The molecule has 2 amide bonds. The molecular weight excluding hydrogens is 220 g/mol. The number of likely N-dealkylation sites (tertiary alicyclic amines) is 1. The summed E-state index contributed by atoms with van der Waals surface area (Å²) >= 11 is 0. The molecule has 2 saturated heterocycles. The lowest BCUT2D eigenvalue weighted by molar-refractivity contribution is -0.119. The average molecular weight is 240 g/mol. The Bertz CT molecular complexity index is 348. The van der Waals surface area contributed by atoms with Gasteiger partial charge in [0.15, 0.2) is 0 Å². The van der Waals surface area contributed by atoms with Crippen LogP contribution in [0, 0.1) is 5.41 Å². The second-order valence-electron chi connectivity index (χ2n) is 6.11. The predicted octanol–water partition coefficient (Wildman–Crippen LogP) is 1.13.